The lowest BCUT2D eigenvalue weighted by atomic mass is 9.99. The van der Waals surface area contributed by atoms with Crippen LogP contribution in [0.2, 0.25) is 0 Å². The zero-order chi connectivity index (χ0) is 16.9. The van der Waals surface area contributed by atoms with Crippen molar-refractivity contribution in [1.29, 1.82) is 0 Å². The minimum absolute atomic E-state index is 0.0547. The first-order valence-corrected chi connectivity index (χ1v) is 7.19. The van der Waals surface area contributed by atoms with Crippen LogP contribution in [0.1, 0.15) is 23.2 Å². The number of anilines is 1. The summed E-state index contributed by atoms with van der Waals surface area (Å²) < 4.78 is 41.5. The van der Waals surface area contributed by atoms with Gasteiger partial charge in [-0.15, -0.1) is 0 Å². The summed E-state index contributed by atoms with van der Waals surface area (Å²) in [6, 6.07) is 5.82. The van der Waals surface area contributed by atoms with E-state index in [0.29, 0.717) is 31.7 Å². The van der Waals surface area contributed by atoms with E-state index < -0.39 is 18.6 Å². The number of alkyl halides is 3. The van der Waals surface area contributed by atoms with Crippen molar-refractivity contribution in [2.24, 2.45) is 5.92 Å². The van der Waals surface area contributed by atoms with Gasteiger partial charge in [-0.25, -0.2) is 0 Å². The highest BCUT2D eigenvalue weighted by Gasteiger charge is 2.28. The Kier molecular flexibility index (Phi) is 5.59. The molecule has 8 heteroatoms. The molecule has 2 rings (SSSR count). The molecule has 5 nitrogen and oxygen atoms in total. The largest absolute Gasteiger partial charge is 0.405 e. The Hall–Kier alpha value is -2.09. The molecule has 126 valence electrons. The maximum atomic E-state index is 12.1. The number of hydrogen-bond donors (Lipinski definition) is 2. The topological polar surface area (TPSA) is 67.4 Å². The molecule has 0 bridgehead atoms. The summed E-state index contributed by atoms with van der Waals surface area (Å²) >= 11 is 0. The molecular weight excluding hydrogens is 313 g/mol. The molecule has 2 N–H and O–H groups in total. The van der Waals surface area contributed by atoms with E-state index in [4.69, 9.17) is 4.74 Å². The molecule has 1 fully saturated rings. The van der Waals surface area contributed by atoms with Crippen LogP contribution in [0.15, 0.2) is 24.3 Å². The third kappa shape index (κ3) is 5.55. The number of hydrogen-bond acceptors (Lipinski definition) is 3. The lowest BCUT2D eigenvalue weighted by molar-refractivity contribution is -0.123. The Morgan fingerprint density at radius 1 is 1.22 bits per heavy atom. The predicted octanol–water partition coefficient (Wildman–Crippen LogP) is 2.34. The average molecular weight is 330 g/mol. The van der Waals surface area contributed by atoms with E-state index in [2.05, 4.69) is 5.32 Å². The smallest absolute Gasteiger partial charge is 0.381 e. The highest BCUT2D eigenvalue weighted by atomic mass is 19.4. The van der Waals surface area contributed by atoms with Crippen molar-refractivity contribution in [2.45, 2.75) is 19.0 Å². The van der Waals surface area contributed by atoms with Gasteiger partial charge in [0.1, 0.15) is 6.54 Å². The van der Waals surface area contributed by atoms with E-state index >= 15 is 0 Å². The summed E-state index contributed by atoms with van der Waals surface area (Å²) in [4.78, 5) is 23.8. The number of halogens is 3. The lowest BCUT2D eigenvalue weighted by Gasteiger charge is -2.21. The maximum absolute atomic E-state index is 12.1. The standard InChI is InChI=1S/C15H17F3N2O3/c16-15(17,18)9-19-13(21)11-2-1-3-12(8-11)20-14(22)10-4-6-23-7-5-10/h1-3,8,10H,4-7,9H2,(H,19,21)(H,20,22). The van der Waals surface area contributed by atoms with Gasteiger partial charge in [0.2, 0.25) is 5.91 Å². The van der Waals surface area contributed by atoms with Gasteiger partial charge in [0, 0.05) is 30.4 Å². The van der Waals surface area contributed by atoms with Gasteiger partial charge in [-0.05, 0) is 31.0 Å². The third-order valence-electron chi connectivity index (χ3n) is 3.43. The van der Waals surface area contributed by atoms with Crippen molar-refractivity contribution < 1.29 is 27.5 Å². The van der Waals surface area contributed by atoms with Crippen molar-refractivity contribution in [3.05, 3.63) is 29.8 Å². The summed E-state index contributed by atoms with van der Waals surface area (Å²) in [7, 11) is 0. The van der Waals surface area contributed by atoms with E-state index in [-0.39, 0.29) is 17.4 Å². The zero-order valence-electron chi connectivity index (χ0n) is 12.3. The second-order valence-corrected chi connectivity index (χ2v) is 5.25. The van der Waals surface area contributed by atoms with Gasteiger partial charge in [0.05, 0.1) is 0 Å². The monoisotopic (exact) mass is 330 g/mol. The Labute approximate surface area is 131 Å². The van der Waals surface area contributed by atoms with Gasteiger partial charge >= 0.3 is 6.18 Å². The fraction of sp³-hybridized carbons (Fsp3) is 0.467. The maximum Gasteiger partial charge on any atom is 0.405 e. The van der Waals surface area contributed by atoms with Gasteiger partial charge < -0.3 is 15.4 Å². The zero-order valence-corrected chi connectivity index (χ0v) is 12.3. The van der Waals surface area contributed by atoms with E-state index in [0.717, 1.165) is 0 Å². The summed E-state index contributed by atoms with van der Waals surface area (Å²) in [5.41, 5.74) is 0.431. The van der Waals surface area contributed by atoms with E-state index in [1.54, 1.807) is 11.4 Å². The third-order valence-corrected chi connectivity index (χ3v) is 3.43. The Bertz CT molecular complexity index is 569. The molecule has 2 amide bonds. The van der Waals surface area contributed by atoms with Gasteiger partial charge in [0.15, 0.2) is 0 Å². The quantitative estimate of drug-likeness (QED) is 0.890. The van der Waals surface area contributed by atoms with Crippen LogP contribution in [0.25, 0.3) is 0 Å². The van der Waals surface area contributed by atoms with Crippen molar-refractivity contribution in [3.8, 4) is 0 Å². The number of nitrogens with one attached hydrogen (secondary N) is 2. The molecule has 1 aliphatic heterocycles. The SMILES string of the molecule is O=C(NCC(F)(F)F)c1cccc(NC(=O)C2CCOCC2)c1. The number of carbonyl (C=O) groups excluding carboxylic acids is 2. The van der Waals surface area contributed by atoms with Gasteiger partial charge in [-0.2, -0.15) is 13.2 Å². The van der Waals surface area contributed by atoms with Gasteiger partial charge in [-0.1, -0.05) is 6.07 Å². The van der Waals surface area contributed by atoms with E-state index in [9.17, 15) is 22.8 Å². The second kappa shape index (κ2) is 7.45. The first-order valence-electron chi connectivity index (χ1n) is 7.19. The van der Waals surface area contributed by atoms with E-state index in [1.165, 1.54) is 18.2 Å². The number of carbonyl (C=O) groups is 2. The van der Waals surface area contributed by atoms with Gasteiger partial charge in [0.25, 0.3) is 5.91 Å². The highest BCUT2D eigenvalue weighted by Crippen LogP contribution is 2.18. The van der Waals surface area contributed by atoms with Crippen molar-refractivity contribution >= 4 is 17.5 Å². The highest BCUT2D eigenvalue weighted by molar-refractivity contribution is 5.97. The van der Waals surface area contributed by atoms with Crippen LogP contribution in [0.5, 0.6) is 0 Å². The minimum atomic E-state index is -4.47. The summed E-state index contributed by atoms with van der Waals surface area (Å²) in [6.07, 6.45) is -3.22. The van der Waals surface area contributed by atoms with Crippen LogP contribution in [0.3, 0.4) is 0 Å². The summed E-state index contributed by atoms with van der Waals surface area (Å²) in [5, 5.41) is 4.47. The van der Waals surface area contributed by atoms with Crippen LogP contribution in [0, 0.1) is 5.92 Å². The predicted molar refractivity (Wildman–Crippen MR) is 77.0 cm³/mol. The second-order valence-electron chi connectivity index (χ2n) is 5.25. The van der Waals surface area contributed by atoms with Gasteiger partial charge in [-0.3, -0.25) is 9.59 Å². The van der Waals surface area contributed by atoms with E-state index in [1.807, 2.05) is 0 Å². The molecule has 1 aromatic rings. The first kappa shape index (κ1) is 17.3. The number of ether oxygens (including phenoxy) is 1. The number of rotatable bonds is 4. The molecule has 1 aromatic carbocycles. The molecule has 0 aliphatic carbocycles. The van der Waals surface area contributed by atoms with Crippen LogP contribution in [0.4, 0.5) is 18.9 Å². The molecule has 0 saturated carbocycles. The molecule has 0 spiro atoms. The molecule has 0 unspecified atom stereocenters. The molecule has 0 radical (unpaired) electrons. The van der Waals surface area contributed by atoms with Crippen LogP contribution in [-0.2, 0) is 9.53 Å². The van der Waals surface area contributed by atoms with Crippen LogP contribution < -0.4 is 10.6 Å². The Morgan fingerprint density at radius 2 is 1.91 bits per heavy atom. The minimum Gasteiger partial charge on any atom is -0.381 e. The number of benzene rings is 1. The molecule has 1 heterocycles. The fourth-order valence-corrected chi connectivity index (χ4v) is 2.22. The summed E-state index contributed by atoms with van der Waals surface area (Å²) in [6.45, 7) is -0.347. The fourth-order valence-electron chi connectivity index (χ4n) is 2.22. The van der Waals surface area contributed by atoms with Crippen LogP contribution >= 0.6 is 0 Å². The van der Waals surface area contributed by atoms with Crippen molar-refractivity contribution in [1.82, 2.24) is 5.32 Å². The molecule has 0 atom stereocenters. The Morgan fingerprint density at radius 3 is 2.57 bits per heavy atom. The summed E-state index contributed by atoms with van der Waals surface area (Å²) in [5.74, 6) is -1.18. The molecule has 1 aliphatic rings. The molecule has 1 saturated heterocycles. The average Bonchev–Trinajstić information content (AvgIpc) is 2.53. The Balaban J connectivity index is 1.96. The molecular formula is C15H17F3N2O3. The molecule has 0 aromatic heterocycles. The lowest BCUT2D eigenvalue weighted by Crippen LogP contribution is -2.33. The van der Waals surface area contributed by atoms with Crippen LogP contribution in [-0.4, -0.2) is 37.7 Å². The molecule has 23 heavy (non-hydrogen) atoms. The normalized spacial score (nSPS) is 16.0. The first-order chi connectivity index (χ1) is 10.8. The van der Waals surface area contributed by atoms with Crippen molar-refractivity contribution in [2.75, 3.05) is 25.1 Å². The number of amides is 2. The van der Waals surface area contributed by atoms with Crippen molar-refractivity contribution in [3.63, 3.8) is 0 Å².